The van der Waals surface area contributed by atoms with Gasteiger partial charge in [0.1, 0.15) is 6.07 Å². The Morgan fingerprint density at radius 1 is 0.706 bits per heavy atom. The summed E-state index contributed by atoms with van der Waals surface area (Å²) in [6.07, 6.45) is 12.4. The summed E-state index contributed by atoms with van der Waals surface area (Å²) in [5.41, 5.74) is 10.8. The second kappa shape index (κ2) is 18.4. The van der Waals surface area contributed by atoms with E-state index in [-0.39, 0.29) is 7.43 Å². The van der Waals surface area contributed by atoms with Crippen molar-refractivity contribution in [2.45, 2.75) is 33.1 Å². The maximum Gasteiger partial charge on any atom is 0.205 e. The molecular formula is C41H35Br2Cl2N5O. The van der Waals surface area contributed by atoms with E-state index in [0.717, 1.165) is 84.0 Å². The van der Waals surface area contributed by atoms with Crippen LogP contribution in [0.4, 0.5) is 0 Å². The first-order valence-electron chi connectivity index (χ1n) is 16.0. The third-order valence-electron chi connectivity index (χ3n) is 8.28. The lowest BCUT2D eigenvalue weighted by atomic mass is 10.0. The Morgan fingerprint density at radius 2 is 1.24 bits per heavy atom. The number of ether oxygens (including phenoxy) is 1. The first-order valence-corrected chi connectivity index (χ1v) is 18.3. The van der Waals surface area contributed by atoms with Crippen LogP contribution in [-0.2, 0) is 17.6 Å². The maximum absolute atomic E-state index is 9.42. The molecule has 2 heterocycles. The number of hydrogen-bond donors (Lipinski definition) is 1. The number of fused-ring (bicyclic) bond motifs is 2. The molecule has 1 aromatic heterocycles. The van der Waals surface area contributed by atoms with Crippen molar-refractivity contribution >= 4 is 78.4 Å². The van der Waals surface area contributed by atoms with Gasteiger partial charge in [-0.3, -0.25) is 0 Å². The average Bonchev–Trinajstić information content (AvgIpc) is 3.95. The quantitative estimate of drug-likeness (QED) is 0.190. The highest BCUT2D eigenvalue weighted by molar-refractivity contribution is 9.10. The molecule has 0 radical (unpaired) electrons. The summed E-state index contributed by atoms with van der Waals surface area (Å²) in [6.45, 7) is 2.00. The fourth-order valence-corrected chi connectivity index (χ4v) is 6.91. The zero-order chi connectivity index (χ0) is 34.9. The molecule has 258 valence electrons. The lowest BCUT2D eigenvalue weighted by molar-refractivity contribution is 0.198. The molecule has 10 heteroatoms. The molecule has 1 fully saturated rings. The Hall–Kier alpha value is -4.10. The molecule has 2 aliphatic carbocycles. The minimum atomic E-state index is 0. The van der Waals surface area contributed by atoms with Gasteiger partial charge in [-0.15, -0.1) is 10.2 Å². The van der Waals surface area contributed by atoms with E-state index >= 15 is 0 Å². The van der Waals surface area contributed by atoms with Gasteiger partial charge in [0.25, 0.3) is 0 Å². The predicted molar refractivity (Wildman–Crippen MR) is 216 cm³/mol. The van der Waals surface area contributed by atoms with Gasteiger partial charge in [0, 0.05) is 37.8 Å². The van der Waals surface area contributed by atoms with Crippen molar-refractivity contribution in [2.75, 3.05) is 13.2 Å². The lowest BCUT2D eigenvalue weighted by Crippen LogP contribution is -1.91. The van der Waals surface area contributed by atoms with Crippen molar-refractivity contribution in [2.24, 2.45) is 0 Å². The fourth-order valence-electron chi connectivity index (χ4n) is 5.84. The van der Waals surface area contributed by atoms with Crippen LogP contribution in [0.1, 0.15) is 59.5 Å². The molecule has 0 unspecified atom stereocenters. The largest absolute Gasteiger partial charge is 0.381 e. The number of aromatic nitrogens is 4. The van der Waals surface area contributed by atoms with Gasteiger partial charge in [-0.25, -0.2) is 0 Å². The summed E-state index contributed by atoms with van der Waals surface area (Å²) in [5, 5.41) is 25.4. The SMILES string of the molecule is C.C1CCOC1.Clc1ccc(/C=C/C2=C(c3nn[nH]n3)c3ccc(Br)cc3C2)cc1.N#CC1=C(/C=C/c2ccc(Cl)cc2)Cc2cc(Br)ccc21. The molecule has 5 aromatic rings. The molecule has 6 nitrogen and oxygen atoms in total. The molecule has 0 spiro atoms. The van der Waals surface area contributed by atoms with Crippen LogP contribution < -0.4 is 0 Å². The number of hydrogen-bond acceptors (Lipinski definition) is 5. The maximum atomic E-state index is 9.42. The number of nitrogens with zero attached hydrogens (tertiary/aromatic N) is 4. The third-order valence-corrected chi connectivity index (χ3v) is 9.77. The van der Waals surface area contributed by atoms with Crippen LogP contribution in [0.2, 0.25) is 10.0 Å². The minimum absolute atomic E-state index is 0. The summed E-state index contributed by atoms with van der Waals surface area (Å²) in [6, 6.07) is 30.0. The molecule has 1 aliphatic heterocycles. The standard InChI is InChI=1S/C18H12BrClN4.C18H11BrClN.C4H8O.CH4/c19-14-5-8-16-13(10-14)9-12(17(16)18-21-23-24-22-18)4-1-11-2-6-15(20)7-3-11;19-15-5-8-17-14(10-15)9-13(18(17)11-21)4-1-12-2-6-16(20)7-3-12;1-2-4-5-3-1;/h1-8,10H,9H2,(H,21,22,23,24);1-8,10H,9H2;1-4H2;1H4/b2*4-1+;;. The Kier molecular flexibility index (Phi) is 13.8. The number of nitrogens with one attached hydrogen (secondary N) is 1. The van der Waals surface area contributed by atoms with E-state index in [1.165, 1.54) is 29.5 Å². The molecule has 3 aliphatic rings. The molecule has 0 atom stereocenters. The van der Waals surface area contributed by atoms with Crippen LogP contribution >= 0.6 is 55.1 Å². The second-order valence-electron chi connectivity index (χ2n) is 11.7. The van der Waals surface area contributed by atoms with Gasteiger partial charge in [-0.1, -0.05) is 123 Å². The number of allylic oxidation sites excluding steroid dienone is 5. The number of aromatic amines is 1. The van der Waals surface area contributed by atoms with Crippen molar-refractivity contribution in [3.05, 3.63) is 166 Å². The van der Waals surface area contributed by atoms with Crippen molar-refractivity contribution < 1.29 is 4.74 Å². The van der Waals surface area contributed by atoms with Gasteiger partial charge in [-0.05, 0) is 124 Å². The van der Waals surface area contributed by atoms with Crippen LogP contribution in [0.5, 0.6) is 0 Å². The molecule has 8 rings (SSSR count). The van der Waals surface area contributed by atoms with Crippen LogP contribution in [0, 0.1) is 11.3 Å². The van der Waals surface area contributed by atoms with Gasteiger partial charge >= 0.3 is 0 Å². The number of tetrazole rings is 1. The van der Waals surface area contributed by atoms with E-state index < -0.39 is 0 Å². The van der Waals surface area contributed by atoms with E-state index in [2.05, 4.69) is 88.9 Å². The van der Waals surface area contributed by atoms with Gasteiger partial charge in [0.15, 0.2) is 0 Å². The summed E-state index contributed by atoms with van der Waals surface area (Å²) >= 11 is 18.8. The first kappa shape index (κ1) is 38.1. The molecule has 0 saturated carbocycles. The van der Waals surface area contributed by atoms with E-state index in [0.29, 0.717) is 5.82 Å². The van der Waals surface area contributed by atoms with Crippen LogP contribution in [0.25, 0.3) is 23.3 Å². The molecule has 0 amide bonds. The van der Waals surface area contributed by atoms with Gasteiger partial charge in [-0.2, -0.15) is 10.5 Å². The molecular weight excluding hydrogens is 809 g/mol. The van der Waals surface area contributed by atoms with E-state index in [9.17, 15) is 5.26 Å². The van der Waals surface area contributed by atoms with Gasteiger partial charge in [0.2, 0.25) is 5.82 Å². The van der Waals surface area contributed by atoms with Crippen LogP contribution in [0.15, 0.2) is 117 Å². The topological polar surface area (TPSA) is 87.5 Å². The average molecular weight is 844 g/mol. The zero-order valence-electron chi connectivity index (χ0n) is 26.8. The Labute approximate surface area is 325 Å². The zero-order valence-corrected chi connectivity index (χ0v) is 31.5. The number of benzene rings is 4. The summed E-state index contributed by atoms with van der Waals surface area (Å²) in [5.74, 6) is 0.617. The van der Waals surface area contributed by atoms with Gasteiger partial charge < -0.3 is 4.74 Å². The monoisotopic (exact) mass is 841 g/mol. The number of H-pyrrole nitrogens is 1. The highest BCUT2D eigenvalue weighted by atomic mass is 79.9. The van der Waals surface area contributed by atoms with Crippen molar-refractivity contribution in [3.63, 3.8) is 0 Å². The predicted octanol–water partition coefficient (Wildman–Crippen LogP) is 11.8. The van der Waals surface area contributed by atoms with Gasteiger partial charge in [0.05, 0.1) is 5.57 Å². The summed E-state index contributed by atoms with van der Waals surface area (Å²) in [4.78, 5) is 0. The number of halogens is 4. The Morgan fingerprint density at radius 3 is 1.75 bits per heavy atom. The molecule has 1 saturated heterocycles. The minimum Gasteiger partial charge on any atom is -0.381 e. The lowest BCUT2D eigenvalue weighted by Gasteiger charge is -2.02. The molecule has 0 bridgehead atoms. The Bertz CT molecular complexity index is 2120. The normalized spacial score (nSPS) is 14.4. The van der Waals surface area contributed by atoms with E-state index in [1.807, 2.05) is 78.9 Å². The van der Waals surface area contributed by atoms with Crippen LogP contribution in [-0.4, -0.2) is 33.8 Å². The Balaban J connectivity index is 0.000000172. The van der Waals surface area contributed by atoms with E-state index in [4.69, 9.17) is 27.9 Å². The highest BCUT2D eigenvalue weighted by Crippen LogP contribution is 2.38. The summed E-state index contributed by atoms with van der Waals surface area (Å²) < 4.78 is 7.05. The molecule has 4 aromatic carbocycles. The smallest absolute Gasteiger partial charge is 0.205 e. The fraction of sp³-hybridized carbons (Fsp3) is 0.171. The van der Waals surface area contributed by atoms with Crippen molar-refractivity contribution in [3.8, 4) is 6.07 Å². The second-order valence-corrected chi connectivity index (χ2v) is 14.4. The summed E-state index contributed by atoms with van der Waals surface area (Å²) in [7, 11) is 0. The van der Waals surface area contributed by atoms with Crippen molar-refractivity contribution in [1.82, 2.24) is 20.6 Å². The third kappa shape index (κ3) is 10.0. The molecule has 51 heavy (non-hydrogen) atoms. The van der Waals surface area contributed by atoms with Crippen LogP contribution in [0.3, 0.4) is 0 Å². The first-order chi connectivity index (χ1) is 24.4. The number of nitriles is 1. The highest BCUT2D eigenvalue weighted by Gasteiger charge is 2.24. The molecule has 1 N–H and O–H groups in total. The number of rotatable bonds is 5. The van der Waals surface area contributed by atoms with E-state index in [1.54, 1.807) is 0 Å². The van der Waals surface area contributed by atoms with Crippen molar-refractivity contribution in [1.29, 1.82) is 5.26 Å².